The minimum atomic E-state index is -0.368. The Kier molecular flexibility index (Phi) is 5.25. The van der Waals surface area contributed by atoms with Crippen LogP contribution in [0.25, 0.3) is 33.3 Å². The van der Waals surface area contributed by atoms with Crippen molar-refractivity contribution in [3.05, 3.63) is 66.7 Å². The molecule has 1 amide bonds. The molecule has 0 unspecified atom stereocenters. The second-order valence-corrected chi connectivity index (χ2v) is 9.45. The van der Waals surface area contributed by atoms with Crippen molar-refractivity contribution in [2.45, 2.75) is 32.1 Å². The van der Waals surface area contributed by atoms with Crippen molar-refractivity contribution in [3.63, 3.8) is 0 Å². The number of anilines is 1. The number of hydrogen-bond acceptors (Lipinski definition) is 4. The van der Waals surface area contributed by atoms with E-state index < -0.39 is 0 Å². The van der Waals surface area contributed by atoms with Gasteiger partial charge in [0.05, 0.1) is 6.61 Å². The van der Waals surface area contributed by atoms with Crippen molar-refractivity contribution in [1.82, 2.24) is 14.5 Å². The minimum Gasteiger partial charge on any atom is -0.395 e. The second kappa shape index (κ2) is 8.12. The normalized spacial score (nSPS) is 14.4. The van der Waals surface area contributed by atoms with Crippen molar-refractivity contribution in [1.29, 1.82) is 0 Å². The molecule has 4 heterocycles. The van der Waals surface area contributed by atoms with Crippen LogP contribution in [0.5, 0.6) is 0 Å². The molecule has 1 fully saturated rings. The van der Waals surface area contributed by atoms with E-state index in [-0.39, 0.29) is 17.9 Å². The smallest absolute Gasteiger partial charge is 0.227 e. The number of carbonyl (C=O) groups is 1. The molecule has 0 bridgehead atoms. The highest BCUT2D eigenvalue weighted by atomic mass is 16.3. The highest BCUT2D eigenvalue weighted by Gasteiger charge is 2.23. The lowest BCUT2D eigenvalue weighted by molar-refractivity contribution is -0.117. The summed E-state index contributed by atoms with van der Waals surface area (Å²) in [4.78, 5) is 23.1. The monoisotopic (exact) mass is 440 g/mol. The molecular formula is C27H28N4O2. The summed E-state index contributed by atoms with van der Waals surface area (Å²) in [6.07, 6.45) is 9.22. The van der Waals surface area contributed by atoms with Gasteiger partial charge in [0.15, 0.2) is 0 Å². The van der Waals surface area contributed by atoms with Gasteiger partial charge in [-0.25, -0.2) is 4.98 Å². The Labute approximate surface area is 193 Å². The van der Waals surface area contributed by atoms with Gasteiger partial charge < -0.3 is 14.6 Å². The molecule has 6 heteroatoms. The number of aryl methyl sites for hydroxylation is 1. The molecule has 0 saturated carbocycles. The van der Waals surface area contributed by atoms with Crippen LogP contribution in [-0.2, 0) is 17.3 Å². The number of fused-ring (bicyclic) bond motifs is 1. The maximum absolute atomic E-state index is 12.0. The maximum Gasteiger partial charge on any atom is 0.227 e. The SMILES string of the molecule is Cn1cc(-c2cncc(-c3ccc(N4CCCC4=O)cc3)c2)c2cc(C(C)(C)CO)cnc21. The van der Waals surface area contributed by atoms with Crippen LogP contribution in [-0.4, -0.2) is 38.7 Å². The second-order valence-electron chi connectivity index (χ2n) is 9.45. The van der Waals surface area contributed by atoms with Gasteiger partial charge in [0.2, 0.25) is 5.91 Å². The lowest BCUT2D eigenvalue weighted by atomic mass is 9.86. The largest absolute Gasteiger partial charge is 0.395 e. The molecule has 33 heavy (non-hydrogen) atoms. The molecule has 0 atom stereocenters. The van der Waals surface area contributed by atoms with Gasteiger partial charge in [0.1, 0.15) is 5.65 Å². The number of benzene rings is 1. The van der Waals surface area contributed by atoms with E-state index in [1.54, 1.807) is 0 Å². The van der Waals surface area contributed by atoms with Gasteiger partial charge in [-0.15, -0.1) is 0 Å². The van der Waals surface area contributed by atoms with E-state index in [1.165, 1.54) is 0 Å². The molecule has 5 rings (SSSR count). The number of rotatable bonds is 5. The third-order valence-corrected chi connectivity index (χ3v) is 6.63. The third-order valence-electron chi connectivity index (χ3n) is 6.63. The van der Waals surface area contributed by atoms with E-state index in [0.29, 0.717) is 6.42 Å². The van der Waals surface area contributed by atoms with Gasteiger partial charge in [0, 0.05) is 78.0 Å². The van der Waals surface area contributed by atoms with Crippen LogP contribution < -0.4 is 4.90 Å². The average Bonchev–Trinajstić information content (AvgIpc) is 3.42. The average molecular weight is 441 g/mol. The summed E-state index contributed by atoms with van der Waals surface area (Å²) >= 11 is 0. The summed E-state index contributed by atoms with van der Waals surface area (Å²) in [5, 5.41) is 10.9. The first-order chi connectivity index (χ1) is 15.9. The first-order valence-corrected chi connectivity index (χ1v) is 11.3. The summed E-state index contributed by atoms with van der Waals surface area (Å²) in [5.74, 6) is 0.194. The van der Waals surface area contributed by atoms with Gasteiger partial charge >= 0.3 is 0 Å². The number of nitrogens with zero attached hydrogens (tertiary/aromatic N) is 4. The Morgan fingerprint density at radius 2 is 1.79 bits per heavy atom. The number of amides is 1. The van der Waals surface area contributed by atoms with Crippen LogP contribution >= 0.6 is 0 Å². The molecule has 1 aliphatic rings. The number of carbonyl (C=O) groups excluding carboxylic acids is 1. The fraction of sp³-hybridized carbons (Fsp3) is 0.296. The van der Waals surface area contributed by atoms with Crippen molar-refractivity contribution in [3.8, 4) is 22.3 Å². The fourth-order valence-electron chi connectivity index (χ4n) is 4.45. The van der Waals surface area contributed by atoms with Crippen LogP contribution in [0.3, 0.4) is 0 Å². The maximum atomic E-state index is 12.0. The van der Waals surface area contributed by atoms with Gasteiger partial charge in [0.25, 0.3) is 0 Å². The quantitative estimate of drug-likeness (QED) is 0.488. The first-order valence-electron chi connectivity index (χ1n) is 11.3. The van der Waals surface area contributed by atoms with Crippen LogP contribution in [0, 0.1) is 0 Å². The van der Waals surface area contributed by atoms with Crippen LogP contribution in [0.1, 0.15) is 32.3 Å². The Morgan fingerprint density at radius 1 is 1.03 bits per heavy atom. The Bertz CT molecular complexity index is 1340. The number of aliphatic hydroxyl groups excluding tert-OH is 1. The van der Waals surface area contributed by atoms with Crippen LogP contribution in [0.4, 0.5) is 5.69 Å². The van der Waals surface area contributed by atoms with E-state index >= 15 is 0 Å². The zero-order valence-electron chi connectivity index (χ0n) is 19.2. The molecule has 1 aromatic carbocycles. The van der Waals surface area contributed by atoms with Gasteiger partial charge in [-0.2, -0.15) is 0 Å². The molecule has 3 aromatic heterocycles. The van der Waals surface area contributed by atoms with Crippen molar-refractivity contribution >= 4 is 22.6 Å². The van der Waals surface area contributed by atoms with E-state index in [2.05, 4.69) is 28.3 Å². The van der Waals surface area contributed by atoms with E-state index in [1.807, 2.05) is 73.2 Å². The lowest BCUT2D eigenvalue weighted by Crippen LogP contribution is -2.23. The molecule has 0 radical (unpaired) electrons. The van der Waals surface area contributed by atoms with E-state index in [4.69, 9.17) is 0 Å². The van der Waals surface area contributed by atoms with Crippen molar-refractivity contribution < 1.29 is 9.90 Å². The van der Waals surface area contributed by atoms with Crippen LogP contribution in [0.2, 0.25) is 0 Å². The zero-order chi connectivity index (χ0) is 23.2. The Balaban J connectivity index is 1.53. The Hall–Kier alpha value is -3.51. The standard InChI is InChI=1S/C27H28N4O2/c1-27(2,17-32)21-12-23-24(16-30(3)26(23)29-15-21)20-11-19(13-28-14-20)18-6-8-22(9-7-18)31-10-4-5-25(31)33/h6-9,11-16,32H,4-5,10,17H2,1-3H3. The molecular weight excluding hydrogens is 412 g/mol. The number of hydrogen-bond donors (Lipinski definition) is 1. The molecule has 168 valence electrons. The van der Waals surface area contributed by atoms with Gasteiger partial charge in [-0.3, -0.25) is 9.78 Å². The highest BCUT2D eigenvalue weighted by molar-refractivity contribution is 5.96. The van der Waals surface area contributed by atoms with E-state index in [0.717, 1.165) is 57.5 Å². The van der Waals surface area contributed by atoms with E-state index in [9.17, 15) is 9.90 Å². The number of aliphatic hydroxyl groups is 1. The molecule has 1 N–H and O–H groups in total. The van der Waals surface area contributed by atoms with Gasteiger partial charge in [-0.1, -0.05) is 26.0 Å². The molecule has 4 aromatic rings. The highest BCUT2D eigenvalue weighted by Crippen LogP contribution is 2.34. The number of pyridine rings is 2. The lowest BCUT2D eigenvalue weighted by Gasteiger charge is -2.21. The summed E-state index contributed by atoms with van der Waals surface area (Å²) in [6, 6.07) is 12.4. The molecule has 1 aliphatic heterocycles. The Morgan fingerprint density at radius 3 is 2.48 bits per heavy atom. The zero-order valence-corrected chi connectivity index (χ0v) is 19.2. The summed E-state index contributed by atoms with van der Waals surface area (Å²) in [5.41, 5.74) is 6.62. The van der Waals surface area contributed by atoms with Gasteiger partial charge in [-0.05, 0) is 41.8 Å². The first kappa shape index (κ1) is 21.3. The minimum absolute atomic E-state index is 0.0540. The predicted octanol–water partition coefficient (Wildman–Crippen LogP) is 4.70. The van der Waals surface area contributed by atoms with Crippen molar-refractivity contribution in [2.75, 3.05) is 18.1 Å². The molecule has 0 aliphatic carbocycles. The summed E-state index contributed by atoms with van der Waals surface area (Å²) in [7, 11) is 1.99. The van der Waals surface area contributed by atoms with Crippen molar-refractivity contribution in [2.24, 2.45) is 7.05 Å². The summed E-state index contributed by atoms with van der Waals surface area (Å²) in [6.45, 7) is 4.87. The number of aromatic nitrogens is 3. The molecule has 0 spiro atoms. The molecule has 6 nitrogen and oxygen atoms in total. The van der Waals surface area contributed by atoms with Crippen LogP contribution in [0.15, 0.2) is 61.2 Å². The summed E-state index contributed by atoms with van der Waals surface area (Å²) < 4.78 is 2.02. The fourth-order valence-corrected chi connectivity index (χ4v) is 4.45. The topological polar surface area (TPSA) is 71.2 Å². The molecule has 1 saturated heterocycles. The predicted molar refractivity (Wildman–Crippen MR) is 131 cm³/mol. The third kappa shape index (κ3) is 3.80.